The summed E-state index contributed by atoms with van der Waals surface area (Å²) in [6.45, 7) is 1.28. The fraction of sp³-hybridized carbons (Fsp3) is 1.00. The molecule has 1 aliphatic carbocycles. The van der Waals surface area contributed by atoms with Crippen molar-refractivity contribution in [3.05, 3.63) is 0 Å². The van der Waals surface area contributed by atoms with Gasteiger partial charge in [-0.2, -0.15) is 0 Å². The Morgan fingerprint density at radius 2 is 2.00 bits per heavy atom. The minimum Gasteiger partial charge on any atom is -0.314 e. The van der Waals surface area contributed by atoms with E-state index in [9.17, 15) is 0 Å². The van der Waals surface area contributed by atoms with E-state index in [1.165, 1.54) is 38.6 Å². The Kier molecular flexibility index (Phi) is 1.46. The number of rotatable bonds is 0. The summed E-state index contributed by atoms with van der Waals surface area (Å²) in [6, 6.07) is 0.912. The highest BCUT2D eigenvalue weighted by atomic mass is 14.9. The maximum Gasteiger partial charge on any atom is 0.00723 e. The summed E-state index contributed by atoms with van der Waals surface area (Å²) in [5.41, 5.74) is 0. The second-order valence-electron chi connectivity index (χ2n) is 3.48. The lowest BCUT2D eigenvalue weighted by Gasteiger charge is -2.38. The number of nitrogens with one attached hydrogen (secondary N) is 1. The van der Waals surface area contributed by atoms with Gasteiger partial charge in [-0.05, 0) is 31.7 Å². The number of hydrogen-bond acceptors (Lipinski definition) is 1. The first-order valence-corrected chi connectivity index (χ1v) is 4.18. The van der Waals surface area contributed by atoms with E-state index in [0.29, 0.717) is 0 Å². The molecule has 3 rings (SSSR count). The third kappa shape index (κ3) is 1.11. The standard InChI is InChI=1S/C8H15N/c1-2-4-9-8-5-7(3-1)6-8/h7-9H,1-6H2. The van der Waals surface area contributed by atoms with Gasteiger partial charge in [-0.3, -0.25) is 0 Å². The fourth-order valence-corrected chi connectivity index (χ4v) is 2.00. The molecule has 0 amide bonds. The summed E-state index contributed by atoms with van der Waals surface area (Å²) in [7, 11) is 0. The highest BCUT2D eigenvalue weighted by Crippen LogP contribution is 2.32. The van der Waals surface area contributed by atoms with Gasteiger partial charge in [-0.1, -0.05) is 12.8 Å². The smallest absolute Gasteiger partial charge is 0.00723 e. The van der Waals surface area contributed by atoms with Crippen molar-refractivity contribution in [3.8, 4) is 0 Å². The Morgan fingerprint density at radius 3 is 2.89 bits per heavy atom. The van der Waals surface area contributed by atoms with Crippen LogP contribution in [0.5, 0.6) is 0 Å². The molecule has 2 bridgehead atoms. The molecule has 1 N–H and O–H groups in total. The van der Waals surface area contributed by atoms with Gasteiger partial charge in [-0.15, -0.1) is 0 Å². The van der Waals surface area contributed by atoms with E-state index in [0.717, 1.165) is 12.0 Å². The SMILES string of the molecule is C1CCC2CC(C2)NC1. The molecule has 0 radical (unpaired) electrons. The molecule has 2 aliphatic heterocycles. The topological polar surface area (TPSA) is 12.0 Å². The average molecular weight is 125 g/mol. The fourth-order valence-electron chi connectivity index (χ4n) is 2.00. The summed E-state index contributed by atoms with van der Waals surface area (Å²) >= 11 is 0. The van der Waals surface area contributed by atoms with Crippen molar-refractivity contribution in [2.75, 3.05) is 6.54 Å². The Morgan fingerprint density at radius 1 is 1.11 bits per heavy atom. The molecule has 1 heteroatoms. The molecule has 0 aromatic rings. The third-order valence-corrected chi connectivity index (χ3v) is 2.71. The molecule has 0 aromatic heterocycles. The van der Waals surface area contributed by atoms with Crippen LogP contribution in [0.4, 0.5) is 0 Å². The highest BCUT2D eigenvalue weighted by molar-refractivity contribution is 4.86. The van der Waals surface area contributed by atoms with E-state index in [2.05, 4.69) is 5.32 Å². The molecular weight excluding hydrogens is 110 g/mol. The first kappa shape index (κ1) is 5.72. The molecule has 0 unspecified atom stereocenters. The quantitative estimate of drug-likeness (QED) is 0.518. The third-order valence-electron chi connectivity index (χ3n) is 2.71. The van der Waals surface area contributed by atoms with Gasteiger partial charge in [0.25, 0.3) is 0 Å². The zero-order chi connectivity index (χ0) is 6.10. The molecule has 2 heterocycles. The average Bonchev–Trinajstić information content (AvgIpc) is 1.54. The van der Waals surface area contributed by atoms with Crippen molar-refractivity contribution in [1.29, 1.82) is 0 Å². The minimum atomic E-state index is 0.912. The minimum absolute atomic E-state index is 0.912. The van der Waals surface area contributed by atoms with Crippen LogP contribution >= 0.6 is 0 Å². The molecule has 3 fully saturated rings. The number of hydrogen-bond donors (Lipinski definition) is 1. The van der Waals surface area contributed by atoms with Crippen molar-refractivity contribution >= 4 is 0 Å². The van der Waals surface area contributed by atoms with Gasteiger partial charge >= 0.3 is 0 Å². The first-order valence-electron chi connectivity index (χ1n) is 4.18. The highest BCUT2D eigenvalue weighted by Gasteiger charge is 2.28. The zero-order valence-electron chi connectivity index (χ0n) is 5.90. The van der Waals surface area contributed by atoms with E-state index < -0.39 is 0 Å². The largest absolute Gasteiger partial charge is 0.314 e. The zero-order valence-corrected chi connectivity index (χ0v) is 5.90. The lowest BCUT2D eigenvalue weighted by molar-refractivity contribution is 0.187. The maximum atomic E-state index is 3.55. The van der Waals surface area contributed by atoms with Crippen LogP contribution in [0.1, 0.15) is 32.1 Å². The monoisotopic (exact) mass is 125 g/mol. The summed E-state index contributed by atoms with van der Waals surface area (Å²) in [5.74, 6) is 1.10. The molecule has 52 valence electrons. The van der Waals surface area contributed by atoms with Crippen LogP contribution in [0, 0.1) is 5.92 Å². The van der Waals surface area contributed by atoms with Crippen LogP contribution in [0.2, 0.25) is 0 Å². The van der Waals surface area contributed by atoms with Crippen LogP contribution in [-0.4, -0.2) is 12.6 Å². The van der Waals surface area contributed by atoms with E-state index in [1.807, 2.05) is 0 Å². The van der Waals surface area contributed by atoms with Crippen molar-refractivity contribution in [1.82, 2.24) is 5.32 Å². The van der Waals surface area contributed by atoms with Crippen LogP contribution < -0.4 is 5.32 Å². The van der Waals surface area contributed by atoms with Crippen molar-refractivity contribution in [2.24, 2.45) is 5.92 Å². The van der Waals surface area contributed by atoms with E-state index in [1.54, 1.807) is 0 Å². The van der Waals surface area contributed by atoms with Crippen LogP contribution in [0.3, 0.4) is 0 Å². The Balaban J connectivity index is 1.85. The predicted molar refractivity (Wildman–Crippen MR) is 38.4 cm³/mol. The first-order chi connectivity index (χ1) is 4.45. The Labute approximate surface area is 56.8 Å². The van der Waals surface area contributed by atoms with E-state index in [4.69, 9.17) is 0 Å². The summed E-state index contributed by atoms with van der Waals surface area (Å²) in [5, 5.41) is 3.55. The Hall–Kier alpha value is -0.0400. The van der Waals surface area contributed by atoms with Crippen LogP contribution in [-0.2, 0) is 0 Å². The van der Waals surface area contributed by atoms with Crippen molar-refractivity contribution in [2.45, 2.75) is 38.1 Å². The lowest BCUT2D eigenvalue weighted by atomic mass is 9.76. The lowest BCUT2D eigenvalue weighted by Crippen LogP contribution is -2.43. The van der Waals surface area contributed by atoms with E-state index >= 15 is 0 Å². The van der Waals surface area contributed by atoms with E-state index in [-0.39, 0.29) is 0 Å². The second-order valence-corrected chi connectivity index (χ2v) is 3.48. The molecule has 0 atom stereocenters. The molecule has 1 saturated carbocycles. The maximum absolute atomic E-state index is 3.55. The summed E-state index contributed by atoms with van der Waals surface area (Å²) in [6.07, 6.45) is 7.33. The van der Waals surface area contributed by atoms with Gasteiger partial charge < -0.3 is 5.32 Å². The summed E-state index contributed by atoms with van der Waals surface area (Å²) in [4.78, 5) is 0. The molecule has 3 aliphatic rings. The van der Waals surface area contributed by atoms with Crippen molar-refractivity contribution < 1.29 is 0 Å². The molecule has 2 saturated heterocycles. The van der Waals surface area contributed by atoms with Crippen LogP contribution in [0.15, 0.2) is 0 Å². The molecular formula is C8H15N. The van der Waals surface area contributed by atoms with Gasteiger partial charge in [0.05, 0.1) is 0 Å². The molecule has 1 nitrogen and oxygen atoms in total. The van der Waals surface area contributed by atoms with Crippen molar-refractivity contribution in [3.63, 3.8) is 0 Å². The van der Waals surface area contributed by atoms with Crippen LogP contribution in [0.25, 0.3) is 0 Å². The Bertz CT molecular complexity index is 79.2. The number of fused-ring (bicyclic) bond motifs is 4. The van der Waals surface area contributed by atoms with Gasteiger partial charge in [0.15, 0.2) is 0 Å². The molecule has 9 heavy (non-hydrogen) atoms. The predicted octanol–water partition coefficient (Wildman–Crippen LogP) is 1.54. The second kappa shape index (κ2) is 2.30. The normalized spacial score (nSPS) is 42.7. The molecule has 0 spiro atoms. The summed E-state index contributed by atoms with van der Waals surface area (Å²) < 4.78 is 0. The van der Waals surface area contributed by atoms with Gasteiger partial charge in [-0.25, -0.2) is 0 Å². The molecule has 0 aromatic carbocycles. The van der Waals surface area contributed by atoms with Gasteiger partial charge in [0, 0.05) is 6.04 Å². The van der Waals surface area contributed by atoms with Gasteiger partial charge in [0.2, 0.25) is 0 Å². The van der Waals surface area contributed by atoms with Gasteiger partial charge in [0.1, 0.15) is 0 Å².